The van der Waals surface area contributed by atoms with Crippen molar-refractivity contribution in [1.29, 1.82) is 0 Å². The zero-order valence-electron chi connectivity index (χ0n) is 9.22. The van der Waals surface area contributed by atoms with Crippen molar-refractivity contribution in [3.05, 3.63) is 28.8 Å². The number of aliphatic imine (C=N–C) groups is 1. The van der Waals surface area contributed by atoms with Crippen molar-refractivity contribution in [2.75, 3.05) is 17.6 Å². The molecule has 0 saturated heterocycles. The van der Waals surface area contributed by atoms with Crippen LogP contribution in [0.1, 0.15) is 12.0 Å². The maximum Gasteiger partial charge on any atom is 0.417 e. The lowest BCUT2D eigenvalue weighted by Gasteiger charge is -2.15. The Labute approximate surface area is 112 Å². The van der Waals surface area contributed by atoms with Gasteiger partial charge in [0.1, 0.15) is 0 Å². The Hall–Kier alpha value is -0.880. The highest BCUT2D eigenvalue weighted by Gasteiger charge is 2.33. The van der Waals surface area contributed by atoms with Crippen molar-refractivity contribution in [2.24, 2.45) is 4.99 Å². The van der Waals surface area contributed by atoms with E-state index in [1.165, 1.54) is 23.9 Å². The van der Waals surface area contributed by atoms with Gasteiger partial charge in [0.05, 0.1) is 10.6 Å². The maximum absolute atomic E-state index is 12.7. The number of anilines is 1. The number of nitrogens with zero attached hydrogens (tertiary/aromatic N) is 1. The predicted octanol–water partition coefficient (Wildman–Crippen LogP) is 4.26. The Balaban J connectivity index is 2.22. The summed E-state index contributed by atoms with van der Waals surface area (Å²) in [6.45, 7) is 0.703. The van der Waals surface area contributed by atoms with Crippen LogP contribution in [-0.2, 0) is 6.18 Å². The molecule has 0 saturated carbocycles. The van der Waals surface area contributed by atoms with Gasteiger partial charge >= 0.3 is 6.18 Å². The van der Waals surface area contributed by atoms with Gasteiger partial charge in [-0.2, -0.15) is 13.2 Å². The summed E-state index contributed by atoms with van der Waals surface area (Å²) < 4.78 is 38.0. The van der Waals surface area contributed by atoms with E-state index in [0.29, 0.717) is 17.4 Å². The van der Waals surface area contributed by atoms with Crippen LogP contribution in [0.5, 0.6) is 0 Å². The Morgan fingerprint density at radius 2 is 2.11 bits per heavy atom. The molecule has 0 spiro atoms. The van der Waals surface area contributed by atoms with Crippen molar-refractivity contribution in [3.63, 3.8) is 0 Å². The highest BCUT2D eigenvalue weighted by Crippen LogP contribution is 2.36. The second kappa shape index (κ2) is 5.40. The lowest BCUT2D eigenvalue weighted by Crippen LogP contribution is -2.14. The standard InChI is InChI=1S/C11H10ClF3N2S/c12-9-3-2-7(6-8(9)11(13,14)15)17-10-16-4-1-5-18-10/h2-3,6H,1,4-5H2,(H,16,17). The van der Waals surface area contributed by atoms with E-state index < -0.39 is 11.7 Å². The molecule has 0 radical (unpaired) electrons. The molecule has 1 N–H and O–H groups in total. The van der Waals surface area contributed by atoms with Gasteiger partial charge in [0, 0.05) is 18.0 Å². The summed E-state index contributed by atoms with van der Waals surface area (Å²) in [6.07, 6.45) is -3.46. The Kier molecular flexibility index (Phi) is 4.07. The third kappa shape index (κ3) is 3.32. The SMILES string of the molecule is FC(F)(F)c1cc(NC2=NCCCS2)ccc1Cl. The molecule has 1 aromatic carbocycles. The fraction of sp³-hybridized carbons (Fsp3) is 0.364. The summed E-state index contributed by atoms with van der Waals surface area (Å²) in [6, 6.07) is 3.75. The van der Waals surface area contributed by atoms with Crippen molar-refractivity contribution < 1.29 is 13.2 Å². The molecule has 0 bridgehead atoms. The molecule has 0 aliphatic carbocycles. The third-order valence-corrected chi connectivity index (χ3v) is 3.65. The number of alkyl halides is 3. The molecule has 0 aromatic heterocycles. The number of rotatable bonds is 1. The van der Waals surface area contributed by atoms with Crippen molar-refractivity contribution in [1.82, 2.24) is 0 Å². The smallest absolute Gasteiger partial charge is 0.335 e. The first-order chi connectivity index (χ1) is 8.47. The minimum absolute atomic E-state index is 0.300. The van der Waals surface area contributed by atoms with Crippen LogP contribution in [0.15, 0.2) is 23.2 Å². The van der Waals surface area contributed by atoms with Crippen LogP contribution in [0.4, 0.5) is 18.9 Å². The van der Waals surface area contributed by atoms with Crippen LogP contribution in [-0.4, -0.2) is 17.5 Å². The van der Waals surface area contributed by atoms with Crippen molar-refractivity contribution in [3.8, 4) is 0 Å². The van der Waals surface area contributed by atoms with Gasteiger partial charge < -0.3 is 5.32 Å². The average molecular weight is 295 g/mol. The molecule has 18 heavy (non-hydrogen) atoms. The van der Waals surface area contributed by atoms with E-state index in [2.05, 4.69) is 10.3 Å². The number of thioether (sulfide) groups is 1. The van der Waals surface area contributed by atoms with Crippen LogP contribution in [0.3, 0.4) is 0 Å². The molecular formula is C11H10ClF3N2S. The highest BCUT2D eigenvalue weighted by molar-refractivity contribution is 8.14. The molecule has 1 aliphatic heterocycles. The number of hydrogen-bond acceptors (Lipinski definition) is 3. The van der Waals surface area contributed by atoms with E-state index in [4.69, 9.17) is 11.6 Å². The van der Waals surface area contributed by atoms with Gasteiger partial charge in [-0.05, 0) is 24.6 Å². The lowest BCUT2D eigenvalue weighted by atomic mass is 10.2. The molecule has 1 heterocycles. The molecule has 1 aromatic rings. The maximum atomic E-state index is 12.7. The number of amidine groups is 1. The van der Waals surface area contributed by atoms with Gasteiger partial charge in [-0.1, -0.05) is 23.4 Å². The number of hydrogen-bond donors (Lipinski definition) is 1. The van der Waals surface area contributed by atoms with Gasteiger partial charge in [0.2, 0.25) is 0 Å². The fourth-order valence-corrected chi connectivity index (χ4v) is 2.54. The van der Waals surface area contributed by atoms with Crippen LogP contribution in [0.2, 0.25) is 5.02 Å². The highest BCUT2D eigenvalue weighted by atomic mass is 35.5. The average Bonchev–Trinajstić information content (AvgIpc) is 2.31. The first kappa shape index (κ1) is 13.5. The fourth-order valence-electron chi connectivity index (χ4n) is 1.48. The topological polar surface area (TPSA) is 24.4 Å². The molecular weight excluding hydrogens is 285 g/mol. The van der Waals surface area contributed by atoms with Gasteiger partial charge in [0.15, 0.2) is 5.17 Å². The van der Waals surface area contributed by atoms with Gasteiger partial charge in [-0.15, -0.1) is 0 Å². The molecule has 2 nitrogen and oxygen atoms in total. The third-order valence-electron chi connectivity index (χ3n) is 2.32. The molecule has 0 unspecified atom stereocenters. The molecule has 1 aliphatic rings. The summed E-state index contributed by atoms with van der Waals surface area (Å²) in [7, 11) is 0. The second-order valence-corrected chi connectivity index (χ2v) is 5.20. The normalized spacial score (nSPS) is 16.3. The summed E-state index contributed by atoms with van der Waals surface area (Å²) in [5.74, 6) is 0.922. The summed E-state index contributed by atoms with van der Waals surface area (Å²) in [5, 5.41) is 3.22. The summed E-state index contributed by atoms with van der Waals surface area (Å²) >= 11 is 7.04. The van der Waals surface area contributed by atoms with Crippen molar-refractivity contribution in [2.45, 2.75) is 12.6 Å². The number of nitrogens with one attached hydrogen (secondary N) is 1. The Morgan fingerprint density at radius 3 is 2.72 bits per heavy atom. The van der Waals surface area contributed by atoms with E-state index in [0.717, 1.165) is 18.2 Å². The van der Waals surface area contributed by atoms with E-state index in [1.54, 1.807) is 0 Å². The van der Waals surface area contributed by atoms with Gasteiger partial charge in [-0.25, -0.2) is 0 Å². The minimum atomic E-state index is -4.45. The summed E-state index contributed by atoms with van der Waals surface area (Å²) in [5.41, 5.74) is -0.490. The quantitative estimate of drug-likeness (QED) is 0.837. The first-order valence-corrected chi connectivity index (χ1v) is 6.64. The van der Waals surface area contributed by atoms with E-state index >= 15 is 0 Å². The van der Waals surface area contributed by atoms with Crippen LogP contribution >= 0.6 is 23.4 Å². The van der Waals surface area contributed by atoms with Gasteiger partial charge in [0.25, 0.3) is 0 Å². The molecule has 0 fully saturated rings. The number of benzene rings is 1. The molecule has 0 amide bonds. The van der Waals surface area contributed by atoms with Crippen LogP contribution in [0, 0.1) is 0 Å². The van der Waals surface area contributed by atoms with Crippen LogP contribution in [0.25, 0.3) is 0 Å². The van der Waals surface area contributed by atoms with Crippen LogP contribution < -0.4 is 5.32 Å². The van der Waals surface area contributed by atoms with E-state index in [-0.39, 0.29) is 5.02 Å². The van der Waals surface area contributed by atoms with Crippen molar-refractivity contribution >= 4 is 34.2 Å². The Bertz CT molecular complexity index is 474. The van der Waals surface area contributed by atoms with Gasteiger partial charge in [-0.3, -0.25) is 4.99 Å². The minimum Gasteiger partial charge on any atom is -0.335 e. The number of halogens is 4. The zero-order valence-corrected chi connectivity index (χ0v) is 10.8. The summed E-state index contributed by atoms with van der Waals surface area (Å²) in [4.78, 5) is 4.19. The first-order valence-electron chi connectivity index (χ1n) is 5.28. The largest absolute Gasteiger partial charge is 0.417 e. The predicted molar refractivity (Wildman–Crippen MR) is 69.5 cm³/mol. The van der Waals surface area contributed by atoms with E-state index in [9.17, 15) is 13.2 Å². The Morgan fingerprint density at radius 1 is 1.33 bits per heavy atom. The molecule has 98 valence electrons. The second-order valence-electron chi connectivity index (χ2n) is 3.71. The monoisotopic (exact) mass is 294 g/mol. The molecule has 0 atom stereocenters. The molecule has 7 heteroatoms. The molecule has 2 rings (SSSR count). The lowest BCUT2D eigenvalue weighted by molar-refractivity contribution is -0.137. The van der Waals surface area contributed by atoms with E-state index in [1.807, 2.05) is 0 Å². The zero-order chi connectivity index (χ0) is 13.2.